The molecule has 132 valence electrons. The van der Waals surface area contributed by atoms with Crippen molar-refractivity contribution in [3.63, 3.8) is 0 Å². The van der Waals surface area contributed by atoms with Gasteiger partial charge in [-0.15, -0.1) is 0 Å². The van der Waals surface area contributed by atoms with Crippen LogP contribution in [0.4, 0.5) is 5.69 Å². The first-order valence-corrected chi connectivity index (χ1v) is 8.87. The standard InChI is InChI=1S/C20H25N3O2/c1-4-5-8-13-20(2,3)15-11-12-19(24)18(14-15)23(25)21-16-9-6-7-10-17(16)22-23/h6-7,9-12,14,25H,4-5,8,13H2,1-3H3/p+1. The van der Waals surface area contributed by atoms with Crippen LogP contribution in [0.3, 0.4) is 0 Å². The lowest BCUT2D eigenvalue weighted by atomic mass is 9.80. The van der Waals surface area contributed by atoms with Crippen LogP contribution in [0.5, 0.6) is 5.75 Å². The normalized spacial score (nSPS) is 15.4. The number of hydrogen-bond donors (Lipinski definition) is 2. The number of aromatic hydroxyl groups is 1. The SMILES string of the molecule is CCCCCC(C)(C)c1ccc(O)c([N+]2(O)N=c3ccccc3=N2)c1. The number of unbranched alkanes of at least 4 members (excludes halogenated alkanes) is 2. The molecule has 0 amide bonds. The smallest absolute Gasteiger partial charge is 0.265 e. The number of nitrogens with zero attached hydrogens (tertiary/aromatic N) is 3. The lowest BCUT2D eigenvalue weighted by molar-refractivity contribution is -0.0809. The van der Waals surface area contributed by atoms with Crippen molar-refractivity contribution in [3.8, 4) is 5.75 Å². The molecule has 1 aliphatic heterocycles. The Morgan fingerprint density at radius 3 is 2.24 bits per heavy atom. The van der Waals surface area contributed by atoms with Crippen LogP contribution in [0.1, 0.15) is 52.0 Å². The molecule has 0 atom stereocenters. The predicted molar refractivity (Wildman–Crippen MR) is 97.6 cm³/mol. The Bertz CT molecular complexity index is 855. The summed E-state index contributed by atoms with van der Waals surface area (Å²) in [5.74, 6) is -0.0177. The topological polar surface area (TPSA) is 65.2 Å². The molecule has 0 saturated carbocycles. The monoisotopic (exact) mass is 340 g/mol. The second kappa shape index (κ2) is 6.58. The highest BCUT2D eigenvalue weighted by Crippen LogP contribution is 2.38. The summed E-state index contributed by atoms with van der Waals surface area (Å²) >= 11 is 0. The largest absolute Gasteiger partial charge is 0.502 e. The molecule has 0 radical (unpaired) electrons. The van der Waals surface area contributed by atoms with E-state index < -0.39 is 4.86 Å². The molecule has 1 heterocycles. The molecule has 2 N–H and O–H groups in total. The maximum atomic E-state index is 10.9. The van der Waals surface area contributed by atoms with Gasteiger partial charge in [-0.25, -0.2) is 0 Å². The molecule has 1 aliphatic rings. The zero-order valence-electron chi connectivity index (χ0n) is 15.1. The summed E-state index contributed by atoms with van der Waals surface area (Å²) in [4.78, 5) is -0.996. The van der Waals surface area contributed by atoms with E-state index in [1.54, 1.807) is 18.2 Å². The van der Waals surface area contributed by atoms with Gasteiger partial charge in [0.05, 0.1) is 4.86 Å². The Morgan fingerprint density at radius 2 is 1.64 bits per heavy atom. The quantitative estimate of drug-likeness (QED) is 0.621. The van der Waals surface area contributed by atoms with Crippen LogP contribution in [-0.4, -0.2) is 10.3 Å². The molecule has 0 aliphatic carbocycles. The molecule has 0 unspecified atom stereocenters. The highest BCUT2D eigenvalue weighted by Gasteiger charge is 2.37. The van der Waals surface area contributed by atoms with Crippen LogP contribution in [0, 0.1) is 0 Å². The third-order valence-corrected chi connectivity index (χ3v) is 4.86. The Morgan fingerprint density at radius 1 is 1.00 bits per heavy atom. The molecule has 0 fully saturated rings. The molecular formula is C20H26N3O2+. The summed E-state index contributed by atoms with van der Waals surface area (Å²) in [5, 5.41) is 31.0. The van der Waals surface area contributed by atoms with Gasteiger partial charge in [0, 0.05) is 6.07 Å². The zero-order valence-corrected chi connectivity index (χ0v) is 15.1. The molecule has 0 bridgehead atoms. The number of quaternary nitrogens is 1. The van der Waals surface area contributed by atoms with E-state index in [1.807, 2.05) is 24.3 Å². The fraction of sp³-hybridized carbons (Fsp3) is 0.400. The Kier molecular flexibility index (Phi) is 4.62. The van der Waals surface area contributed by atoms with Crippen molar-refractivity contribution in [2.75, 3.05) is 0 Å². The van der Waals surface area contributed by atoms with Gasteiger partial charge in [-0.2, -0.15) is 5.21 Å². The van der Waals surface area contributed by atoms with Crippen molar-refractivity contribution >= 4 is 5.69 Å². The molecule has 25 heavy (non-hydrogen) atoms. The van der Waals surface area contributed by atoms with Crippen LogP contribution in [0.15, 0.2) is 52.7 Å². The fourth-order valence-electron chi connectivity index (χ4n) is 3.21. The summed E-state index contributed by atoms with van der Waals surface area (Å²) < 4.78 is 0. The minimum absolute atomic E-state index is 0.0177. The van der Waals surface area contributed by atoms with Gasteiger partial charge in [-0.05, 0) is 45.8 Å². The van der Waals surface area contributed by atoms with Gasteiger partial charge in [-0.1, -0.05) is 58.2 Å². The van der Waals surface area contributed by atoms with Gasteiger partial charge in [0.25, 0.3) is 5.69 Å². The van der Waals surface area contributed by atoms with Crippen molar-refractivity contribution in [2.45, 2.75) is 51.9 Å². The average molecular weight is 340 g/mol. The van der Waals surface area contributed by atoms with Crippen molar-refractivity contribution in [1.82, 2.24) is 4.86 Å². The first-order valence-electron chi connectivity index (χ1n) is 8.87. The van der Waals surface area contributed by atoms with Gasteiger partial charge in [0.15, 0.2) is 16.5 Å². The van der Waals surface area contributed by atoms with Gasteiger partial charge < -0.3 is 5.11 Å². The fourth-order valence-corrected chi connectivity index (χ4v) is 3.21. The minimum atomic E-state index is -0.996. The number of benzene rings is 2. The van der Waals surface area contributed by atoms with E-state index in [2.05, 4.69) is 31.0 Å². The molecule has 3 rings (SSSR count). The molecule has 2 aromatic carbocycles. The van der Waals surface area contributed by atoms with Gasteiger partial charge in [0.1, 0.15) is 0 Å². The molecule has 0 saturated heterocycles. The molecule has 5 heteroatoms. The van der Waals surface area contributed by atoms with E-state index in [9.17, 15) is 10.3 Å². The van der Waals surface area contributed by atoms with E-state index in [4.69, 9.17) is 0 Å². The molecular weight excluding hydrogens is 314 g/mol. The van der Waals surface area contributed by atoms with E-state index in [-0.39, 0.29) is 16.9 Å². The van der Waals surface area contributed by atoms with Crippen molar-refractivity contribution in [1.29, 1.82) is 0 Å². The maximum Gasteiger partial charge on any atom is 0.265 e. The van der Waals surface area contributed by atoms with Gasteiger partial charge >= 0.3 is 0 Å². The number of hydrogen-bond acceptors (Lipinski definition) is 4. The Balaban J connectivity index is 2.00. The molecule has 0 aromatic heterocycles. The predicted octanol–water partition coefficient (Wildman–Crippen LogP) is 3.73. The zero-order chi connectivity index (χ0) is 18.1. The summed E-state index contributed by atoms with van der Waals surface area (Å²) in [7, 11) is 0. The summed E-state index contributed by atoms with van der Waals surface area (Å²) in [5.41, 5.74) is 1.28. The Labute approximate surface area is 148 Å². The van der Waals surface area contributed by atoms with Crippen LogP contribution in [0.25, 0.3) is 0 Å². The second-order valence-corrected chi connectivity index (χ2v) is 7.30. The van der Waals surface area contributed by atoms with Crippen LogP contribution in [-0.2, 0) is 5.41 Å². The molecule has 5 nitrogen and oxygen atoms in total. The average Bonchev–Trinajstić information content (AvgIpc) is 2.92. The Hall–Kier alpha value is -2.24. The number of rotatable bonds is 6. The van der Waals surface area contributed by atoms with Crippen molar-refractivity contribution < 1.29 is 10.3 Å². The van der Waals surface area contributed by atoms with E-state index >= 15 is 0 Å². The lowest BCUT2D eigenvalue weighted by Gasteiger charge is -2.26. The molecule has 0 spiro atoms. The summed E-state index contributed by atoms with van der Waals surface area (Å²) in [6, 6.07) is 12.6. The number of phenolic OH excluding ortho intramolecular Hbond substituents is 1. The number of fused-ring (bicyclic) bond motifs is 1. The first kappa shape index (κ1) is 17.6. The van der Waals surface area contributed by atoms with Crippen molar-refractivity contribution in [2.24, 2.45) is 10.2 Å². The third-order valence-electron chi connectivity index (χ3n) is 4.86. The summed E-state index contributed by atoms with van der Waals surface area (Å²) in [6.07, 6.45) is 4.59. The van der Waals surface area contributed by atoms with Crippen LogP contribution < -0.4 is 15.6 Å². The van der Waals surface area contributed by atoms with E-state index in [1.165, 1.54) is 12.8 Å². The highest BCUT2D eigenvalue weighted by molar-refractivity contribution is 5.56. The van der Waals surface area contributed by atoms with E-state index in [0.717, 1.165) is 18.4 Å². The maximum absolute atomic E-state index is 10.9. The first-order chi connectivity index (χ1) is 11.9. The summed E-state index contributed by atoms with van der Waals surface area (Å²) in [6.45, 7) is 6.57. The van der Waals surface area contributed by atoms with E-state index in [0.29, 0.717) is 10.7 Å². The molecule has 2 aromatic rings. The number of phenols is 1. The van der Waals surface area contributed by atoms with Crippen LogP contribution in [0.2, 0.25) is 0 Å². The van der Waals surface area contributed by atoms with Crippen molar-refractivity contribution in [3.05, 3.63) is 58.7 Å². The highest BCUT2D eigenvalue weighted by atomic mass is 16.6. The van der Waals surface area contributed by atoms with Gasteiger partial charge in [0.2, 0.25) is 0 Å². The third kappa shape index (κ3) is 3.43. The lowest BCUT2D eigenvalue weighted by Crippen LogP contribution is -2.33. The minimum Gasteiger partial charge on any atom is -0.502 e. The second-order valence-electron chi connectivity index (χ2n) is 7.30. The van der Waals surface area contributed by atoms with Gasteiger partial charge in [-0.3, -0.25) is 0 Å². The van der Waals surface area contributed by atoms with Crippen LogP contribution >= 0.6 is 0 Å².